The maximum absolute atomic E-state index is 12.0. The summed E-state index contributed by atoms with van der Waals surface area (Å²) >= 11 is 0. The lowest BCUT2D eigenvalue weighted by Crippen LogP contribution is -2.19. The van der Waals surface area contributed by atoms with Gasteiger partial charge in [-0.1, -0.05) is 64.1 Å². The second-order valence-corrected chi connectivity index (χ2v) is 7.58. The minimum atomic E-state index is -0.859. The summed E-state index contributed by atoms with van der Waals surface area (Å²) in [5.41, 5.74) is 3.36. The van der Waals surface area contributed by atoms with Gasteiger partial charge in [0.2, 0.25) is 0 Å². The summed E-state index contributed by atoms with van der Waals surface area (Å²) in [6.07, 6.45) is 1.01. The number of carboxylic acid groups (broad SMARTS) is 1. The molecule has 2 aromatic rings. The van der Waals surface area contributed by atoms with Crippen LogP contribution in [0.15, 0.2) is 48.5 Å². The maximum atomic E-state index is 12.0. The lowest BCUT2D eigenvalue weighted by Gasteiger charge is -2.25. The van der Waals surface area contributed by atoms with Crippen LogP contribution in [0.5, 0.6) is 0 Å². The molecule has 0 aliphatic heterocycles. The normalized spacial score (nSPS) is 13.7. The van der Waals surface area contributed by atoms with Crippen molar-refractivity contribution in [3.63, 3.8) is 0 Å². The summed E-state index contributed by atoms with van der Waals surface area (Å²) in [7, 11) is 1.34. The molecule has 2 aromatic carbocycles. The molecule has 2 unspecified atom stereocenters. The predicted octanol–water partition coefficient (Wildman–Crippen LogP) is 5.13. The van der Waals surface area contributed by atoms with Crippen molar-refractivity contribution in [2.75, 3.05) is 7.11 Å². The van der Waals surface area contributed by atoms with E-state index in [0.29, 0.717) is 5.56 Å². The quantitative estimate of drug-likeness (QED) is 0.688. The number of hydrogen-bond acceptors (Lipinski definition) is 3. The average molecular weight is 368 g/mol. The third-order valence-electron chi connectivity index (χ3n) is 5.56. The first-order valence-electron chi connectivity index (χ1n) is 9.22. The zero-order valence-electron chi connectivity index (χ0n) is 16.7. The van der Waals surface area contributed by atoms with Gasteiger partial charge in [0.05, 0.1) is 18.6 Å². The highest BCUT2D eigenvalue weighted by Crippen LogP contribution is 2.35. The molecule has 27 heavy (non-hydrogen) atoms. The molecular weight excluding hydrogens is 340 g/mol. The Balaban J connectivity index is 2.31. The van der Waals surface area contributed by atoms with Gasteiger partial charge in [-0.3, -0.25) is 4.79 Å². The predicted molar refractivity (Wildman–Crippen MR) is 106 cm³/mol. The standard InChI is InChI=1S/C23H28O4/c1-6-23(3,4)19-13-11-17(12-14-19)20(21(24)25)15(2)16-7-9-18(10-8-16)22(26)27-5/h7-15,20H,6H2,1-5H3,(H,24,25). The van der Waals surface area contributed by atoms with E-state index in [1.165, 1.54) is 12.7 Å². The smallest absolute Gasteiger partial charge is 0.337 e. The van der Waals surface area contributed by atoms with Crippen LogP contribution in [0.1, 0.15) is 73.0 Å². The number of hydrogen-bond donors (Lipinski definition) is 1. The average Bonchev–Trinajstić information content (AvgIpc) is 2.67. The molecule has 144 valence electrons. The van der Waals surface area contributed by atoms with Gasteiger partial charge in [-0.15, -0.1) is 0 Å². The van der Waals surface area contributed by atoms with Crippen molar-refractivity contribution in [3.05, 3.63) is 70.8 Å². The number of carboxylic acids is 1. The highest BCUT2D eigenvalue weighted by Gasteiger charge is 2.28. The molecule has 0 aliphatic rings. The zero-order valence-corrected chi connectivity index (χ0v) is 16.7. The number of carbonyl (C=O) groups is 2. The Hall–Kier alpha value is -2.62. The van der Waals surface area contributed by atoms with Gasteiger partial charge in [0.25, 0.3) is 0 Å². The van der Waals surface area contributed by atoms with Gasteiger partial charge in [0, 0.05) is 0 Å². The van der Waals surface area contributed by atoms with Crippen LogP contribution in [-0.2, 0) is 14.9 Å². The summed E-state index contributed by atoms with van der Waals surface area (Å²) in [6, 6.07) is 14.8. The van der Waals surface area contributed by atoms with Crippen molar-refractivity contribution in [3.8, 4) is 0 Å². The minimum absolute atomic E-state index is 0.0621. The fourth-order valence-corrected chi connectivity index (χ4v) is 3.22. The molecule has 1 N–H and O–H groups in total. The van der Waals surface area contributed by atoms with Gasteiger partial charge in [-0.2, -0.15) is 0 Å². The second kappa shape index (κ2) is 8.38. The van der Waals surface area contributed by atoms with Crippen LogP contribution >= 0.6 is 0 Å². The molecule has 0 spiro atoms. The Bertz CT molecular complexity index is 788. The van der Waals surface area contributed by atoms with Crippen LogP contribution in [0.4, 0.5) is 0 Å². The SMILES string of the molecule is CCC(C)(C)c1ccc(C(C(=O)O)C(C)c2ccc(C(=O)OC)cc2)cc1. The van der Waals surface area contributed by atoms with Gasteiger partial charge in [0.15, 0.2) is 0 Å². The van der Waals surface area contributed by atoms with Crippen molar-refractivity contribution in [1.82, 2.24) is 0 Å². The number of carbonyl (C=O) groups excluding carboxylic acids is 1. The molecule has 0 radical (unpaired) electrons. The van der Waals surface area contributed by atoms with Crippen LogP contribution in [0.25, 0.3) is 0 Å². The molecule has 0 fully saturated rings. The van der Waals surface area contributed by atoms with E-state index >= 15 is 0 Å². The Morgan fingerprint density at radius 2 is 1.52 bits per heavy atom. The number of esters is 1. The zero-order chi connectivity index (χ0) is 20.2. The third kappa shape index (κ3) is 4.57. The minimum Gasteiger partial charge on any atom is -0.481 e. The van der Waals surface area contributed by atoms with E-state index in [2.05, 4.69) is 20.8 Å². The summed E-state index contributed by atoms with van der Waals surface area (Å²) in [5.74, 6) is -2.16. The summed E-state index contributed by atoms with van der Waals surface area (Å²) in [4.78, 5) is 23.6. The maximum Gasteiger partial charge on any atom is 0.337 e. The van der Waals surface area contributed by atoms with Gasteiger partial charge < -0.3 is 9.84 Å². The molecule has 4 nitrogen and oxygen atoms in total. The number of rotatable bonds is 7. The molecular formula is C23H28O4. The lowest BCUT2D eigenvalue weighted by atomic mass is 9.79. The van der Waals surface area contributed by atoms with E-state index in [0.717, 1.165) is 17.5 Å². The first kappa shape index (κ1) is 20.7. The molecule has 0 aliphatic carbocycles. The molecule has 2 rings (SSSR count). The monoisotopic (exact) mass is 368 g/mol. The molecule has 2 atom stereocenters. The Morgan fingerprint density at radius 1 is 1.00 bits per heavy atom. The molecule has 0 saturated carbocycles. The fourth-order valence-electron chi connectivity index (χ4n) is 3.22. The number of methoxy groups -OCH3 is 1. The van der Waals surface area contributed by atoms with Gasteiger partial charge in [-0.05, 0) is 46.6 Å². The van der Waals surface area contributed by atoms with Crippen molar-refractivity contribution in [2.24, 2.45) is 0 Å². The highest BCUT2D eigenvalue weighted by atomic mass is 16.5. The first-order chi connectivity index (χ1) is 12.7. The molecule has 0 bridgehead atoms. The summed E-state index contributed by atoms with van der Waals surface area (Å²) < 4.78 is 4.71. The Labute approximate surface area is 161 Å². The van der Waals surface area contributed by atoms with Crippen molar-refractivity contribution in [1.29, 1.82) is 0 Å². The topological polar surface area (TPSA) is 63.6 Å². The van der Waals surface area contributed by atoms with E-state index in [9.17, 15) is 14.7 Å². The molecule has 0 aromatic heterocycles. The lowest BCUT2D eigenvalue weighted by molar-refractivity contribution is -0.139. The van der Waals surface area contributed by atoms with Crippen LogP contribution in [0.2, 0.25) is 0 Å². The molecule has 0 amide bonds. The Morgan fingerprint density at radius 3 is 1.96 bits per heavy atom. The van der Waals surface area contributed by atoms with E-state index in [4.69, 9.17) is 4.74 Å². The van der Waals surface area contributed by atoms with Gasteiger partial charge in [0.1, 0.15) is 0 Å². The third-order valence-corrected chi connectivity index (χ3v) is 5.56. The summed E-state index contributed by atoms with van der Waals surface area (Å²) in [6.45, 7) is 8.41. The molecule has 0 saturated heterocycles. The molecule has 0 heterocycles. The van der Waals surface area contributed by atoms with Crippen LogP contribution < -0.4 is 0 Å². The van der Waals surface area contributed by atoms with Gasteiger partial charge >= 0.3 is 11.9 Å². The number of ether oxygens (including phenoxy) is 1. The number of benzene rings is 2. The first-order valence-corrected chi connectivity index (χ1v) is 9.22. The number of aliphatic carboxylic acids is 1. The van der Waals surface area contributed by atoms with Crippen molar-refractivity contribution < 1.29 is 19.4 Å². The van der Waals surface area contributed by atoms with E-state index in [-0.39, 0.29) is 11.3 Å². The highest BCUT2D eigenvalue weighted by molar-refractivity contribution is 5.89. The van der Waals surface area contributed by atoms with E-state index < -0.39 is 17.9 Å². The van der Waals surface area contributed by atoms with Crippen molar-refractivity contribution >= 4 is 11.9 Å². The molecule has 4 heteroatoms. The van der Waals surface area contributed by atoms with Crippen LogP contribution in [0.3, 0.4) is 0 Å². The fraction of sp³-hybridized carbons (Fsp3) is 0.391. The summed E-state index contributed by atoms with van der Waals surface area (Å²) in [5, 5.41) is 9.84. The van der Waals surface area contributed by atoms with Gasteiger partial charge in [-0.25, -0.2) is 4.79 Å². The second-order valence-electron chi connectivity index (χ2n) is 7.58. The van der Waals surface area contributed by atoms with Crippen LogP contribution in [-0.4, -0.2) is 24.2 Å². The van der Waals surface area contributed by atoms with Crippen LogP contribution in [0, 0.1) is 0 Å². The van der Waals surface area contributed by atoms with Crippen molar-refractivity contribution in [2.45, 2.75) is 51.4 Å². The van der Waals surface area contributed by atoms with E-state index in [1.54, 1.807) is 24.3 Å². The van der Waals surface area contributed by atoms with E-state index in [1.807, 2.05) is 31.2 Å². The largest absolute Gasteiger partial charge is 0.481 e. The Kier molecular flexibility index (Phi) is 6.42.